The van der Waals surface area contributed by atoms with Crippen LogP contribution in [0.5, 0.6) is 5.75 Å². The average Bonchev–Trinajstić information content (AvgIpc) is 3.18. The second-order valence-electron chi connectivity index (χ2n) is 13.0. The van der Waals surface area contributed by atoms with Gasteiger partial charge in [-0.25, -0.2) is 0 Å². The number of fused-ring (bicyclic) bond motifs is 2. The van der Waals surface area contributed by atoms with Crippen molar-refractivity contribution in [2.24, 2.45) is 22.3 Å². The van der Waals surface area contributed by atoms with Gasteiger partial charge in [-0.1, -0.05) is 50.1 Å². The Balaban J connectivity index is 1.53. The van der Waals surface area contributed by atoms with E-state index in [1.807, 2.05) is 18.2 Å². The molecule has 2 aliphatic heterocycles. The first-order chi connectivity index (χ1) is 21.7. The van der Waals surface area contributed by atoms with E-state index < -0.39 is 10.4 Å². The SMILES string of the molecule is CCCc1cc(Cl)ccc1[C@@H]1COc2ccc3cc2N(CC2CCC2C(OCCOC)/C=C/C[C@@H](C)CS(C)(N=O)NC3=O)C1. The van der Waals surface area contributed by atoms with Gasteiger partial charge in [-0.15, -0.1) is 4.91 Å². The molecule has 3 aliphatic rings. The second kappa shape index (κ2) is 15.3. The van der Waals surface area contributed by atoms with Crippen molar-refractivity contribution in [2.75, 3.05) is 56.9 Å². The molecule has 0 saturated heterocycles. The third kappa shape index (κ3) is 8.23. The van der Waals surface area contributed by atoms with Crippen LogP contribution in [0, 0.1) is 22.7 Å². The number of ether oxygens (including phenoxy) is 3. The first-order valence-electron chi connectivity index (χ1n) is 16.2. The van der Waals surface area contributed by atoms with E-state index in [4.69, 9.17) is 25.8 Å². The quantitative estimate of drug-likeness (QED) is 0.178. The number of nitrogens with zero attached hydrogens (tertiary/aromatic N) is 2. The molecule has 0 radical (unpaired) electrons. The number of rotatable bonds is 8. The van der Waals surface area contributed by atoms with E-state index in [0.717, 1.165) is 61.7 Å². The number of nitroso groups, excluding NO2 is 1. The van der Waals surface area contributed by atoms with Gasteiger partial charge in [-0.05, 0) is 95.3 Å². The zero-order valence-electron chi connectivity index (χ0n) is 27.0. The summed E-state index contributed by atoms with van der Waals surface area (Å²) in [6.07, 6.45) is 11.1. The predicted molar refractivity (Wildman–Crippen MR) is 185 cm³/mol. The standard InChI is InChI=1S/C35H48ClN3O5S/c1-5-7-25-18-29(36)12-14-30(25)28-21-39-20-27-10-13-31(27)33(43-17-16-42-3)9-6-8-24(2)23-45(4,38-41)37-35(40)26-11-15-34(44-22-28)32(39)19-26/h6,9,11-12,14-15,18-19,24,27-28,31,33H,5,7-8,10,13,16-17,20-23H2,1-4H3,(H,37,40)/b9-6+/t24-,27?,28+,31?,33?/m1/s1. The highest BCUT2D eigenvalue weighted by molar-refractivity contribution is 8.30. The van der Waals surface area contributed by atoms with Crippen molar-refractivity contribution in [3.63, 3.8) is 0 Å². The summed E-state index contributed by atoms with van der Waals surface area (Å²) >= 11 is 6.43. The van der Waals surface area contributed by atoms with Crippen LogP contribution in [-0.2, 0) is 15.9 Å². The summed E-state index contributed by atoms with van der Waals surface area (Å²) in [6, 6.07) is 11.8. The number of hydrogen-bond acceptors (Lipinski definition) is 7. The van der Waals surface area contributed by atoms with Crippen LogP contribution in [0.1, 0.15) is 66.9 Å². The van der Waals surface area contributed by atoms with Gasteiger partial charge in [0.25, 0.3) is 5.91 Å². The summed E-state index contributed by atoms with van der Waals surface area (Å²) in [4.78, 5) is 28.1. The summed E-state index contributed by atoms with van der Waals surface area (Å²) in [6.45, 7) is 7.48. The molecule has 2 bridgehead atoms. The Bertz CT molecular complexity index is 1370. The van der Waals surface area contributed by atoms with E-state index in [9.17, 15) is 9.70 Å². The first kappa shape index (κ1) is 33.8. The summed E-state index contributed by atoms with van der Waals surface area (Å²) in [7, 11) is -0.564. The number of benzene rings is 2. The van der Waals surface area contributed by atoms with Crippen LogP contribution in [0.2, 0.25) is 5.02 Å². The van der Waals surface area contributed by atoms with Gasteiger partial charge in [0.15, 0.2) is 0 Å². The number of aryl methyl sites for hydroxylation is 1. The highest BCUT2D eigenvalue weighted by Gasteiger charge is 2.39. The predicted octanol–water partition coefficient (Wildman–Crippen LogP) is 7.69. The maximum Gasteiger partial charge on any atom is 0.261 e. The zero-order chi connectivity index (χ0) is 32.0. The van der Waals surface area contributed by atoms with Crippen molar-refractivity contribution in [1.29, 1.82) is 0 Å². The van der Waals surface area contributed by atoms with Crippen molar-refractivity contribution < 1.29 is 19.0 Å². The molecule has 4 unspecified atom stereocenters. The maximum atomic E-state index is 13.6. The topological polar surface area (TPSA) is 89.5 Å². The van der Waals surface area contributed by atoms with Crippen LogP contribution >= 0.6 is 22.0 Å². The Kier molecular flexibility index (Phi) is 11.5. The summed E-state index contributed by atoms with van der Waals surface area (Å²) in [5, 5.41) is 0.749. The number of nitrogens with one attached hydrogen (secondary N) is 1. The molecule has 10 heteroatoms. The highest BCUT2D eigenvalue weighted by atomic mass is 35.5. The number of carbonyl (C=O) groups is 1. The molecule has 246 valence electrons. The Morgan fingerprint density at radius 1 is 1.16 bits per heavy atom. The van der Waals surface area contributed by atoms with Gasteiger partial charge in [0, 0.05) is 53.3 Å². The van der Waals surface area contributed by atoms with Crippen molar-refractivity contribution >= 4 is 33.6 Å². The molecule has 1 N–H and O–H groups in total. The number of hydrogen-bond donors (Lipinski definition) is 1. The molecular formula is C35H48ClN3O5S. The number of amides is 1. The second-order valence-corrected chi connectivity index (χ2v) is 16.2. The molecule has 1 saturated carbocycles. The molecule has 0 aromatic heterocycles. The normalized spacial score (nSPS) is 30.8. The Hall–Kier alpha value is -2.59. The number of anilines is 1. The first-order valence-corrected chi connectivity index (χ1v) is 18.8. The van der Waals surface area contributed by atoms with Gasteiger partial charge in [0.1, 0.15) is 5.75 Å². The third-order valence-electron chi connectivity index (χ3n) is 9.41. The molecule has 0 spiro atoms. The van der Waals surface area contributed by atoms with E-state index in [1.165, 1.54) is 11.1 Å². The molecular weight excluding hydrogens is 610 g/mol. The summed E-state index contributed by atoms with van der Waals surface area (Å²) in [5.41, 5.74) is 3.94. The largest absolute Gasteiger partial charge is 0.491 e. The third-order valence-corrected chi connectivity index (χ3v) is 11.8. The smallest absolute Gasteiger partial charge is 0.261 e. The lowest BCUT2D eigenvalue weighted by atomic mass is 9.70. The fourth-order valence-corrected chi connectivity index (χ4v) is 9.14. The summed E-state index contributed by atoms with van der Waals surface area (Å²) < 4.78 is 24.7. The van der Waals surface area contributed by atoms with Crippen LogP contribution in [0.15, 0.2) is 53.1 Å². The molecule has 2 heterocycles. The molecule has 8 nitrogen and oxygen atoms in total. The van der Waals surface area contributed by atoms with Crippen molar-refractivity contribution in [2.45, 2.75) is 58.0 Å². The van der Waals surface area contributed by atoms with E-state index in [2.05, 4.69) is 52.3 Å². The Morgan fingerprint density at radius 3 is 2.73 bits per heavy atom. The fraction of sp³-hybridized carbons (Fsp3) is 0.571. The van der Waals surface area contributed by atoms with Crippen molar-refractivity contribution in [3.8, 4) is 5.75 Å². The van der Waals surface area contributed by atoms with E-state index in [-0.39, 0.29) is 23.8 Å². The van der Waals surface area contributed by atoms with Gasteiger partial charge in [0.05, 0.1) is 31.6 Å². The molecule has 2 aromatic rings. The minimum absolute atomic E-state index is 0.0149. The number of methoxy groups -OCH3 is 1. The van der Waals surface area contributed by atoms with Gasteiger partial charge in [0.2, 0.25) is 0 Å². The molecule has 6 atom stereocenters. The average molecular weight is 658 g/mol. The highest BCUT2D eigenvalue weighted by Crippen LogP contribution is 2.46. The zero-order valence-corrected chi connectivity index (χ0v) is 28.6. The lowest BCUT2D eigenvalue weighted by Crippen LogP contribution is -2.45. The van der Waals surface area contributed by atoms with Crippen LogP contribution < -0.4 is 14.4 Å². The molecule has 45 heavy (non-hydrogen) atoms. The minimum atomic E-state index is -2.26. The lowest BCUT2D eigenvalue weighted by molar-refractivity contribution is -0.0308. The van der Waals surface area contributed by atoms with Crippen molar-refractivity contribution in [3.05, 3.63) is 75.2 Å². The molecule has 1 amide bonds. The minimum Gasteiger partial charge on any atom is -0.491 e. The Labute approximate surface area is 274 Å². The van der Waals surface area contributed by atoms with E-state index >= 15 is 0 Å². The molecule has 5 rings (SSSR count). The van der Waals surface area contributed by atoms with Gasteiger partial charge in [-0.2, -0.15) is 0 Å². The fourth-order valence-electron chi connectivity index (χ4n) is 7.00. The van der Waals surface area contributed by atoms with Crippen molar-refractivity contribution in [1.82, 2.24) is 4.72 Å². The maximum absolute atomic E-state index is 13.6. The number of halogens is 1. The van der Waals surface area contributed by atoms with Gasteiger partial charge >= 0.3 is 0 Å². The monoisotopic (exact) mass is 657 g/mol. The molecule has 2 aromatic carbocycles. The van der Waals surface area contributed by atoms with Crippen LogP contribution in [0.4, 0.5) is 5.69 Å². The van der Waals surface area contributed by atoms with Gasteiger partial charge in [-0.3, -0.25) is 9.52 Å². The Morgan fingerprint density at radius 2 is 2.00 bits per heavy atom. The van der Waals surface area contributed by atoms with Gasteiger partial charge < -0.3 is 19.1 Å². The van der Waals surface area contributed by atoms with E-state index in [0.29, 0.717) is 43.0 Å². The lowest BCUT2D eigenvalue weighted by Gasteiger charge is -2.44. The van der Waals surface area contributed by atoms with E-state index in [1.54, 1.807) is 19.4 Å². The summed E-state index contributed by atoms with van der Waals surface area (Å²) in [5.74, 6) is 2.09. The van der Waals surface area contributed by atoms with Crippen LogP contribution in [-0.4, -0.2) is 64.0 Å². The molecule has 1 aliphatic carbocycles. The molecule has 1 fully saturated rings. The number of carbonyl (C=O) groups excluding carboxylic acids is 1. The number of allylic oxidation sites excluding steroid dienone is 1. The van der Waals surface area contributed by atoms with Crippen LogP contribution in [0.3, 0.4) is 0 Å². The van der Waals surface area contributed by atoms with Crippen LogP contribution in [0.25, 0.3) is 0 Å².